The molecule has 9 heteroatoms. The van der Waals surface area contributed by atoms with Crippen LogP contribution in [-0.2, 0) is 0 Å². The van der Waals surface area contributed by atoms with Gasteiger partial charge in [0.2, 0.25) is 4.77 Å². The third kappa shape index (κ3) is 4.77. The normalized spacial score (nSPS) is 10.9. The fourth-order valence-electron chi connectivity index (χ4n) is 2.99. The maximum atomic E-state index is 12.5. The molecule has 0 saturated carbocycles. The summed E-state index contributed by atoms with van der Waals surface area (Å²) in [5.74, 6) is 1.02. The fourth-order valence-corrected chi connectivity index (χ4v) is 3.39. The summed E-state index contributed by atoms with van der Waals surface area (Å²) in [6, 6.07) is 21.6. The standard InChI is InChI=1S/C23H18ClN5O2S/c1-31-18-11-9-16(10-12-18)21-27-28-23(32)29(21)25-14-15-5-4-6-17(13-15)26-22(30)19-7-2-3-8-20(19)24/h2-14H,1H3,(H,26,30)(H,28,32)/b25-14+. The number of benzene rings is 3. The molecule has 0 aliphatic heterocycles. The third-order valence-corrected chi connectivity index (χ3v) is 5.18. The molecular formula is C23H18ClN5O2S. The van der Waals surface area contributed by atoms with Gasteiger partial charge in [0.25, 0.3) is 5.91 Å². The van der Waals surface area contributed by atoms with Crippen molar-refractivity contribution in [2.75, 3.05) is 12.4 Å². The maximum Gasteiger partial charge on any atom is 0.257 e. The van der Waals surface area contributed by atoms with Crippen LogP contribution in [0.5, 0.6) is 5.75 Å². The Bertz CT molecular complexity index is 1350. The van der Waals surface area contributed by atoms with Gasteiger partial charge in [-0.2, -0.15) is 14.9 Å². The average Bonchev–Trinajstić information content (AvgIpc) is 3.18. The largest absolute Gasteiger partial charge is 0.497 e. The Kier molecular flexibility index (Phi) is 6.44. The second-order valence-electron chi connectivity index (χ2n) is 6.70. The number of aromatic nitrogens is 3. The number of hydrogen-bond donors (Lipinski definition) is 2. The van der Waals surface area contributed by atoms with E-state index < -0.39 is 0 Å². The van der Waals surface area contributed by atoms with Crippen LogP contribution in [0.3, 0.4) is 0 Å². The monoisotopic (exact) mass is 463 g/mol. The number of methoxy groups -OCH3 is 1. The number of carbonyl (C=O) groups is 1. The minimum Gasteiger partial charge on any atom is -0.497 e. The molecule has 160 valence electrons. The summed E-state index contributed by atoms with van der Waals surface area (Å²) in [7, 11) is 1.61. The van der Waals surface area contributed by atoms with Crippen molar-refractivity contribution in [1.29, 1.82) is 0 Å². The molecule has 3 aromatic carbocycles. The van der Waals surface area contributed by atoms with Gasteiger partial charge in [-0.1, -0.05) is 35.9 Å². The molecule has 2 N–H and O–H groups in total. The Morgan fingerprint density at radius 3 is 2.69 bits per heavy atom. The highest BCUT2D eigenvalue weighted by molar-refractivity contribution is 7.71. The van der Waals surface area contributed by atoms with Crippen LogP contribution in [-0.4, -0.2) is 34.1 Å². The number of rotatable bonds is 6. The summed E-state index contributed by atoms with van der Waals surface area (Å²) in [4.78, 5) is 12.5. The molecule has 0 radical (unpaired) electrons. The second kappa shape index (κ2) is 9.59. The van der Waals surface area contributed by atoms with E-state index in [-0.39, 0.29) is 5.91 Å². The highest BCUT2D eigenvalue weighted by Gasteiger charge is 2.10. The molecule has 0 unspecified atom stereocenters. The molecule has 0 spiro atoms. The smallest absolute Gasteiger partial charge is 0.257 e. The van der Waals surface area contributed by atoms with E-state index in [1.165, 1.54) is 4.68 Å². The minimum atomic E-state index is -0.288. The van der Waals surface area contributed by atoms with Crippen LogP contribution in [0.4, 0.5) is 5.69 Å². The predicted octanol–water partition coefficient (Wildman–Crippen LogP) is 5.40. The van der Waals surface area contributed by atoms with E-state index in [0.717, 1.165) is 16.9 Å². The van der Waals surface area contributed by atoms with Gasteiger partial charge < -0.3 is 10.1 Å². The number of halogens is 1. The molecule has 7 nitrogen and oxygen atoms in total. The molecule has 4 rings (SSSR count). The van der Waals surface area contributed by atoms with Gasteiger partial charge in [0.15, 0.2) is 5.82 Å². The van der Waals surface area contributed by atoms with Gasteiger partial charge in [-0.25, -0.2) is 5.10 Å². The first-order chi connectivity index (χ1) is 15.5. The number of aromatic amines is 1. The zero-order valence-corrected chi connectivity index (χ0v) is 18.5. The zero-order valence-electron chi connectivity index (χ0n) is 16.9. The molecule has 0 saturated heterocycles. The molecular weight excluding hydrogens is 446 g/mol. The molecule has 1 amide bonds. The van der Waals surface area contributed by atoms with Gasteiger partial charge in [0.05, 0.1) is 23.9 Å². The van der Waals surface area contributed by atoms with E-state index in [1.54, 1.807) is 49.7 Å². The van der Waals surface area contributed by atoms with Gasteiger partial charge in [0, 0.05) is 11.3 Å². The highest BCUT2D eigenvalue weighted by Crippen LogP contribution is 2.21. The molecule has 0 aliphatic rings. The number of hydrogen-bond acceptors (Lipinski definition) is 5. The van der Waals surface area contributed by atoms with Crippen molar-refractivity contribution in [2.24, 2.45) is 5.10 Å². The van der Waals surface area contributed by atoms with Crippen LogP contribution in [0.25, 0.3) is 11.4 Å². The van der Waals surface area contributed by atoms with E-state index in [1.807, 2.05) is 36.4 Å². The molecule has 32 heavy (non-hydrogen) atoms. The Morgan fingerprint density at radius 1 is 1.16 bits per heavy atom. The van der Waals surface area contributed by atoms with E-state index in [0.29, 0.717) is 26.9 Å². The Morgan fingerprint density at radius 2 is 1.94 bits per heavy atom. The summed E-state index contributed by atoms with van der Waals surface area (Å²) >= 11 is 11.4. The van der Waals surface area contributed by atoms with Gasteiger partial charge in [-0.3, -0.25) is 4.79 Å². The van der Waals surface area contributed by atoms with Gasteiger partial charge in [0.1, 0.15) is 5.75 Å². The van der Waals surface area contributed by atoms with Crippen molar-refractivity contribution >= 4 is 41.6 Å². The summed E-state index contributed by atoms with van der Waals surface area (Å²) in [5, 5.41) is 14.8. The number of nitrogens with zero attached hydrogens (tertiary/aromatic N) is 3. The molecule has 4 aromatic rings. The SMILES string of the molecule is COc1ccc(-c2n[nH]c(=S)n2/N=C/c2cccc(NC(=O)c3ccccc3Cl)c2)cc1. The number of nitrogens with one attached hydrogen (secondary N) is 2. The van der Waals surface area contributed by atoms with Crippen LogP contribution in [0.1, 0.15) is 15.9 Å². The van der Waals surface area contributed by atoms with Crippen LogP contribution >= 0.6 is 23.8 Å². The summed E-state index contributed by atoms with van der Waals surface area (Å²) in [5.41, 5.74) is 2.62. The van der Waals surface area contributed by atoms with Gasteiger partial charge in [-0.05, 0) is 66.3 Å². The predicted molar refractivity (Wildman–Crippen MR) is 128 cm³/mol. The Hall–Kier alpha value is -3.75. The molecule has 0 fully saturated rings. The van der Waals surface area contributed by atoms with Crippen molar-refractivity contribution in [3.63, 3.8) is 0 Å². The number of carbonyl (C=O) groups excluding carboxylic acids is 1. The quantitative estimate of drug-likeness (QED) is 0.296. The van der Waals surface area contributed by atoms with E-state index in [2.05, 4.69) is 20.6 Å². The first-order valence-electron chi connectivity index (χ1n) is 9.57. The molecule has 0 atom stereocenters. The highest BCUT2D eigenvalue weighted by atomic mass is 35.5. The number of ether oxygens (including phenoxy) is 1. The lowest BCUT2D eigenvalue weighted by Crippen LogP contribution is -2.12. The lowest BCUT2D eigenvalue weighted by Gasteiger charge is -2.07. The van der Waals surface area contributed by atoms with E-state index >= 15 is 0 Å². The third-order valence-electron chi connectivity index (χ3n) is 4.58. The van der Waals surface area contributed by atoms with Crippen molar-refractivity contribution in [2.45, 2.75) is 0 Å². The Balaban J connectivity index is 1.56. The molecule has 1 aromatic heterocycles. The average molecular weight is 464 g/mol. The van der Waals surface area contributed by atoms with Crippen molar-refractivity contribution in [3.8, 4) is 17.1 Å². The summed E-state index contributed by atoms with van der Waals surface area (Å²) < 4.78 is 7.09. The first kappa shape index (κ1) is 21.5. The van der Waals surface area contributed by atoms with Crippen molar-refractivity contribution in [3.05, 3.63) is 93.7 Å². The molecule has 0 bridgehead atoms. The van der Waals surface area contributed by atoms with Gasteiger partial charge >= 0.3 is 0 Å². The van der Waals surface area contributed by atoms with Gasteiger partial charge in [-0.15, -0.1) is 0 Å². The molecule has 1 heterocycles. The fraction of sp³-hybridized carbons (Fsp3) is 0.0435. The minimum absolute atomic E-state index is 0.288. The van der Waals surface area contributed by atoms with Crippen LogP contribution in [0.2, 0.25) is 5.02 Å². The number of H-pyrrole nitrogens is 1. The van der Waals surface area contributed by atoms with E-state index in [4.69, 9.17) is 28.6 Å². The maximum absolute atomic E-state index is 12.5. The first-order valence-corrected chi connectivity index (χ1v) is 10.4. The second-order valence-corrected chi connectivity index (χ2v) is 7.49. The van der Waals surface area contributed by atoms with Crippen LogP contribution < -0.4 is 10.1 Å². The lowest BCUT2D eigenvalue weighted by molar-refractivity contribution is 0.102. The topological polar surface area (TPSA) is 84.3 Å². The lowest BCUT2D eigenvalue weighted by atomic mass is 10.2. The molecule has 0 aliphatic carbocycles. The van der Waals surface area contributed by atoms with Crippen molar-refractivity contribution < 1.29 is 9.53 Å². The Labute approximate surface area is 194 Å². The van der Waals surface area contributed by atoms with Crippen molar-refractivity contribution in [1.82, 2.24) is 14.9 Å². The zero-order chi connectivity index (χ0) is 22.5. The summed E-state index contributed by atoms with van der Waals surface area (Å²) in [6.07, 6.45) is 1.64. The van der Waals surface area contributed by atoms with Crippen LogP contribution in [0.15, 0.2) is 77.9 Å². The van der Waals surface area contributed by atoms with Crippen LogP contribution in [0, 0.1) is 4.77 Å². The number of anilines is 1. The summed E-state index contributed by atoms with van der Waals surface area (Å²) in [6.45, 7) is 0. The number of amides is 1. The van der Waals surface area contributed by atoms with E-state index in [9.17, 15) is 4.79 Å².